The van der Waals surface area contributed by atoms with E-state index in [1.807, 2.05) is 30.3 Å². The molecule has 1 N–H and O–H groups in total. The molecule has 0 saturated heterocycles. The topological polar surface area (TPSA) is 59.8 Å². The molecule has 1 amide bonds. The van der Waals surface area contributed by atoms with Crippen LogP contribution in [0.25, 0.3) is 39.1 Å². The van der Waals surface area contributed by atoms with Crippen molar-refractivity contribution >= 4 is 34.1 Å². The van der Waals surface area contributed by atoms with E-state index >= 15 is 0 Å². The molecule has 0 aliphatic heterocycles. The number of fused-ring (bicyclic) bond motifs is 1. The van der Waals surface area contributed by atoms with E-state index in [2.05, 4.69) is 16.9 Å². The van der Waals surface area contributed by atoms with Crippen molar-refractivity contribution in [3.05, 3.63) is 108 Å². The molecule has 2 aromatic heterocycles. The number of nitrogens with one attached hydrogen (secondary N) is 1. The summed E-state index contributed by atoms with van der Waals surface area (Å²) in [6.07, 6.45) is -1.66. The molecule has 0 unspecified atom stereocenters. The largest absolute Gasteiger partial charge is 0.416 e. The highest BCUT2D eigenvalue weighted by atomic mass is 35.5. The second-order valence-electron chi connectivity index (χ2n) is 8.15. The van der Waals surface area contributed by atoms with Crippen molar-refractivity contribution in [3.63, 3.8) is 0 Å². The van der Waals surface area contributed by atoms with E-state index in [4.69, 9.17) is 16.7 Å². The third-order valence-corrected chi connectivity index (χ3v) is 6.03. The summed E-state index contributed by atoms with van der Waals surface area (Å²) in [5.41, 5.74) is 3.25. The summed E-state index contributed by atoms with van der Waals surface area (Å²) in [5.74, 6) is -0.397. The van der Waals surface area contributed by atoms with Gasteiger partial charge in [-0.1, -0.05) is 48.5 Å². The molecule has 5 rings (SSSR count). The molecule has 0 saturated carbocycles. The Hall–Kier alpha value is -4.43. The Morgan fingerprint density at radius 2 is 1.70 bits per heavy atom. The number of rotatable bonds is 5. The van der Waals surface area contributed by atoms with Crippen molar-refractivity contribution in [2.45, 2.75) is 6.18 Å². The minimum absolute atomic E-state index is 0.397. The molecule has 0 radical (unpaired) electrons. The van der Waals surface area contributed by atoms with Gasteiger partial charge in [-0.25, -0.2) is 4.68 Å². The number of carbonyl (C=O) groups is 1. The molecular formula is C28H18ClF3N4O. The number of hydrogen-bond donors (Lipinski definition) is 1. The third kappa shape index (κ3) is 4.83. The second kappa shape index (κ2) is 9.55. The van der Waals surface area contributed by atoms with E-state index < -0.39 is 17.6 Å². The average molecular weight is 519 g/mol. The van der Waals surface area contributed by atoms with Crippen molar-refractivity contribution < 1.29 is 18.0 Å². The monoisotopic (exact) mass is 518 g/mol. The molecular weight excluding hydrogens is 501 g/mol. The van der Waals surface area contributed by atoms with Crippen LogP contribution in [-0.2, 0) is 11.0 Å². The number of para-hydroxylation sites is 1. The predicted molar refractivity (Wildman–Crippen MR) is 139 cm³/mol. The second-order valence-corrected chi connectivity index (χ2v) is 8.56. The summed E-state index contributed by atoms with van der Waals surface area (Å²) in [4.78, 5) is 16.5. The molecule has 5 aromatic rings. The maximum Gasteiger partial charge on any atom is 0.416 e. The van der Waals surface area contributed by atoms with Gasteiger partial charge in [0.1, 0.15) is 5.69 Å². The molecule has 0 bridgehead atoms. The molecule has 9 heteroatoms. The number of nitrogens with zero attached hydrogens (tertiary/aromatic N) is 3. The fraction of sp³-hybridized carbons (Fsp3) is 0.0357. The zero-order chi connectivity index (χ0) is 26.2. The molecule has 184 valence electrons. The van der Waals surface area contributed by atoms with Crippen LogP contribution in [0.4, 0.5) is 18.9 Å². The Morgan fingerprint density at radius 3 is 2.41 bits per heavy atom. The van der Waals surface area contributed by atoms with Crippen molar-refractivity contribution in [3.8, 4) is 28.2 Å². The van der Waals surface area contributed by atoms with E-state index in [0.717, 1.165) is 29.1 Å². The van der Waals surface area contributed by atoms with E-state index in [9.17, 15) is 18.0 Å². The van der Waals surface area contributed by atoms with Gasteiger partial charge in [0, 0.05) is 28.4 Å². The zero-order valence-corrected chi connectivity index (χ0v) is 19.9. The Balaban J connectivity index is 1.70. The molecule has 2 heterocycles. The number of benzene rings is 3. The fourth-order valence-electron chi connectivity index (χ4n) is 4.03. The first-order chi connectivity index (χ1) is 17.7. The molecule has 0 spiro atoms. The highest BCUT2D eigenvalue weighted by molar-refractivity contribution is 6.33. The van der Waals surface area contributed by atoms with Crippen LogP contribution < -0.4 is 5.32 Å². The Morgan fingerprint density at radius 1 is 0.946 bits per heavy atom. The molecule has 37 heavy (non-hydrogen) atoms. The van der Waals surface area contributed by atoms with E-state index in [1.54, 1.807) is 35.1 Å². The first-order valence-corrected chi connectivity index (χ1v) is 11.5. The zero-order valence-electron chi connectivity index (χ0n) is 19.1. The average Bonchev–Trinajstić information content (AvgIpc) is 3.28. The fourth-order valence-corrected chi connectivity index (χ4v) is 4.26. The van der Waals surface area contributed by atoms with Gasteiger partial charge in [0.05, 0.1) is 27.5 Å². The van der Waals surface area contributed by atoms with Gasteiger partial charge >= 0.3 is 6.18 Å². The first kappa shape index (κ1) is 24.3. The van der Waals surface area contributed by atoms with Crippen LogP contribution in [-0.4, -0.2) is 20.7 Å². The summed E-state index contributed by atoms with van der Waals surface area (Å²) in [6, 6.07) is 21.0. The summed E-state index contributed by atoms with van der Waals surface area (Å²) in [7, 11) is 0. The molecule has 0 aliphatic carbocycles. The van der Waals surface area contributed by atoms with Crippen molar-refractivity contribution in [2.75, 3.05) is 5.32 Å². The van der Waals surface area contributed by atoms with Crippen LogP contribution in [0.1, 0.15) is 5.56 Å². The highest BCUT2D eigenvalue weighted by Gasteiger charge is 2.30. The van der Waals surface area contributed by atoms with Crippen LogP contribution >= 0.6 is 11.6 Å². The number of pyridine rings is 1. The van der Waals surface area contributed by atoms with Gasteiger partial charge < -0.3 is 5.32 Å². The quantitative estimate of drug-likeness (QED) is 0.244. The van der Waals surface area contributed by atoms with Gasteiger partial charge in [0.15, 0.2) is 0 Å². The van der Waals surface area contributed by atoms with Crippen molar-refractivity contribution in [2.24, 2.45) is 0 Å². The van der Waals surface area contributed by atoms with Gasteiger partial charge in [0.2, 0.25) is 5.91 Å². The van der Waals surface area contributed by atoms with Crippen molar-refractivity contribution in [1.29, 1.82) is 0 Å². The lowest BCUT2D eigenvalue weighted by Crippen LogP contribution is -2.08. The van der Waals surface area contributed by atoms with E-state index in [0.29, 0.717) is 38.9 Å². The maximum absolute atomic E-state index is 13.1. The number of hydrogen-bond acceptors (Lipinski definition) is 3. The van der Waals surface area contributed by atoms with Gasteiger partial charge in [0.25, 0.3) is 0 Å². The normalized spacial score (nSPS) is 11.5. The van der Waals surface area contributed by atoms with Crippen LogP contribution in [0.15, 0.2) is 97.7 Å². The lowest BCUT2D eigenvalue weighted by atomic mass is 10.1. The first-order valence-electron chi connectivity index (χ1n) is 11.1. The van der Waals surface area contributed by atoms with Crippen LogP contribution in [0.3, 0.4) is 0 Å². The summed E-state index contributed by atoms with van der Waals surface area (Å²) < 4.78 is 40.9. The SMILES string of the molecule is C=CC(=O)Nc1cc(-c2ncccc2Cl)cc(-n2nc(-c3ccc(C(F)(F)F)cc3)c3ccccc32)c1. The highest BCUT2D eigenvalue weighted by Crippen LogP contribution is 2.35. The summed E-state index contributed by atoms with van der Waals surface area (Å²) >= 11 is 6.40. The molecule has 0 fully saturated rings. The van der Waals surface area contributed by atoms with Crippen LogP contribution in [0.5, 0.6) is 0 Å². The molecule has 5 nitrogen and oxygen atoms in total. The van der Waals surface area contributed by atoms with Gasteiger partial charge in [-0.3, -0.25) is 9.78 Å². The molecule has 0 aliphatic rings. The number of halogens is 4. The lowest BCUT2D eigenvalue weighted by molar-refractivity contribution is -0.137. The Bertz CT molecular complexity index is 1640. The summed E-state index contributed by atoms with van der Waals surface area (Å²) in [5, 5.41) is 8.71. The predicted octanol–water partition coefficient (Wildman–Crippen LogP) is 7.55. The van der Waals surface area contributed by atoms with Crippen LogP contribution in [0, 0.1) is 0 Å². The maximum atomic E-state index is 13.1. The molecule has 0 atom stereocenters. The van der Waals surface area contributed by atoms with E-state index in [1.165, 1.54) is 12.1 Å². The number of anilines is 1. The smallest absolute Gasteiger partial charge is 0.322 e. The van der Waals surface area contributed by atoms with Crippen molar-refractivity contribution in [1.82, 2.24) is 14.8 Å². The number of amides is 1. The minimum atomic E-state index is -4.43. The van der Waals surface area contributed by atoms with Gasteiger partial charge in [-0.15, -0.1) is 0 Å². The lowest BCUT2D eigenvalue weighted by Gasteiger charge is -2.12. The van der Waals surface area contributed by atoms with E-state index in [-0.39, 0.29) is 0 Å². The summed E-state index contributed by atoms with van der Waals surface area (Å²) in [6.45, 7) is 3.50. The number of aromatic nitrogens is 3. The minimum Gasteiger partial charge on any atom is -0.322 e. The molecule has 3 aromatic carbocycles. The third-order valence-electron chi connectivity index (χ3n) is 5.72. The Labute approximate surface area is 214 Å². The number of alkyl halides is 3. The van der Waals surface area contributed by atoms with Gasteiger partial charge in [-0.05, 0) is 54.6 Å². The number of carbonyl (C=O) groups excluding carboxylic acids is 1. The standard InChI is InChI=1S/C28H18ClF3N4O/c1-2-25(37)34-20-14-18(27-23(29)7-5-13-33-27)15-21(16-20)36-24-8-4-3-6-22(24)26(35-36)17-9-11-19(12-10-17)28(30,31)32/h2-16H,1H2,(H,34,37). The van der Waals surface area contributed by atoms with Gasteiger partial charge in [-0.2, -0.15) is 18.3 Å². The Kier molecular flexibility index (Phi) is 6.27. The van der Waals surface area contributed by atoms with Crippen LogP contribution in [0.2, 0.25) is 5.02 Å².